The number of halogens is 3. The van der Waals surface area contributed by atoms with Gasteiger partial charge in [-0.05, 0) is 50.1 Å². The van der Waals surface area contributed by atoms with E-state index in [1.54, 1.807) is 23.1 Å². The highest BCUT2D eigenvalue weighted by Crippen LogP contribution is 2.40. The zero-order valence-corrected chi connectivity index (χ0v) is 20.5. The minimum Gasteiger partial charge on any atom is -0.368 e. The van der Waals surface area contributed by atoms with Crippen LogP contribution in [0.15, 0.2) is 48.5 Å². The summed E-state index contributed by atoms with van der Waals surface area (Å²) in [6.07, 6.45) is -2.99. The number of aromatic nitrogens is 1. The van der Waals surface area contributed by atoms with Crippen molar-refractivity contribution < 1.29 is 22.8 Å². The maximum atomic E-state index is 13.3. The molecule has 2 heterocycles. The Morgan fingerprint density at radius 1 is 1.06 bits per heavy atom. The highest BCUT2D eigenvalue weighted by Gasteiger charge is 2.37. The highest BCUT2D eigenvalue weighted by atomic mass is 32.1. The molecule has 2 aliphatic rings. The number of anilines is 2. The van der Waals surface area contributed by atoms with Crippen LogP contribution in [0.5, 0.6) is 0 Å². The van der Waals surface area contributed by atoms with E-state index >= 15 is 0 Å². The smallest absolute Gasteiger partial charge is 0.368 e. The number of rotatable bonds is 4. The van der Waals surface area contributed by atoms with Crippen molar-refractivity contribution in [2.24, 2.45) is 0 Å². The van der Waals surface area contributed by atoms with Crippen molar-refractivity contribution in [1.82, 2.24) is 9.88 Å². The van der Waals surface area contributed by atoms with Crippen LogP contribution < -0.4 is 10.2 Å². The van der Waals surface area contributed by atoms with Crippen LogP contribution in [0, 0.1) is 6.92 Å². The Kier molecular flexibility index (Phi) is 6.46. The second-order valence-corrected chi connectivity index (χ2v) is 10.2. The van der Waals surface area contributed by atoms with E-state index in [0.29, 0.717) is 49.0 Å². The number of thiazole rings is 1. The monoisotopic (exact) mass is 514 g/mol. The Balaban J connectivity index is 1.21. The van der Waals surface area contributed by atoms with Gasteiger partial charge in [-0.2, -0.15) is 13.2 Å². The molecule has 36 heavy (non-hydrogen) atoms. The van der Waals surface area contributed by atoms with Gasteiger partial charge in [0, 0.05) is 42.3 Å². The average molecular weight is 515 g/mol. The molecule has 188 valence electrons. The molecule has 6 nitrogen and oxygen atoms in total. The molecule has 1 N–H and O–H groups in total. The van der Waals surface area contributed by atoms with E-state index in [9.17, 15) is 22.8 Å². The first kappa shape index (κ1) is 24.3. The lowest BCUT2D eigenvalue weighted by Crippen LogP contribution is -2.50. The van der Waals surface area contributed by atoms with Crippen LogP contribution in [0.2, 0.25) is 0 Å². The fourth-order valence-corrected chi connectivity index (χ4v) is 5.71. The van der Waals surface area contributed by atoms with E-state index in [4.69, 9.17) is 0 Å². The predicted octanol–water partition coefficient (Wildman–Crippen LogP) is 5.10. The summed E-state index contributed by atoms with van der Waals surface area (Å²) in [6.45, 7) is 3.74. The Morgan fingerprint density at radius 3 is 2.47 bits per heavy atom. The number of benzene rings is 2. The normalized spacial score (nSPS) is 17.7. The third-order valence-electron chi connectivity index (χ3n) is 6.68. The second-order valence-electron chi connectivity index (χ2n) is 9.10. The van der Waals surface area contributed by atoms with E-state index in [1.807, 2.05) is 24.0 Å². The van der Waals surface area contributed by atoms with Crippen molar-refractivity contribution in [2.75, 3.05) is 36.4 Å². The van der Waals surface area contributed by atoms with Gasteiger partial charge in [-0.3, -0.25) is 14.9 Å². The number of carbonyl (C=O) groups is 2. The van der Waals surface area contributed by atoms with Gasteiger partial charge in [-0.15, -0.1) is 11.3 Å². The van der Waals surface area contributed by atoms with Crippen LogP contribution >= 0.6 is 11.3 Å². The first-order chi connectivity index (χ1) is 17.2. The van der Waals surface area contributed by atoms with Crippen molar-refractivity contribution in [1.29, 1.82) is 0 Å². The SMILES string of the molecule is Cc1ccc(C(=O)Nc2nc3c(s2)CCC3C(=O)N2CCN(c3cccc(C(F)(F)F)c3)CC2)cc1. The summed E-state index contributed by atoms with van der Waals surface area (Å²) in [6, 6.07) is 12.6. The molecule has 1 aromatic heterocycles. The molecule has 1 unspecified atom stereocenters. The lowest BCUT2D eigenvalue weighted by atomic mass is 10.0. The molecule has 3 aromatic rings. The minimum atomic E-state index is -4.39. The fraction of sp³-hybridized carbons (Fsp3) is 0.346. The first-order valence-corrected chi connectivity index (χ1v) is 12.6. The van der Waals surface area contributed by atoms with Crippen LogP contribution in [0.25, 0.3) is 0 Å². The molecule has 1 saturated heterocycles. The fourth-order valence-electron chi connectivity index (χ4n) is 4.68. The molecule has 0 spiro atoms. The maximum Gasteiger partial charge on any atom is 0.416 e. The van der Waals surface area contributed by atoms with Gasteiger partial charge in [0.15, 0.2) is 5.13 Å². The van der Waals surface area contributed by atoms with Crippen molar-refractivity contribution in [3.8, 4) is 0 Å². The van der Waals surface area contributed by atoms with Gasteiger partial charge in [0.05, 0.1) is 17.2 Å². The van der Waals surface area contributed by atoms with Gasteiger partial charge in [-0.1, -0.05) is 23.8 Å². The number of hydrogen-bond acceptors (Lipinski definition) is 5. The summed E-state index contributed by atoms with van der Waals surface area (Å²) in [5.41, 5.74) is 2.17. The number of nitrogens with one attached hydrogen (secondary N) is 1. The minimum absolute atomic E-state index is 0.0147. The Bertz CT molecular complexity index is 1280. The number of aryl methyl sites for hydroxylation is 2. The molecule has 0 saturated carbocycles. The Hall–Kier alpha value is -3.40. The van der Waals surface area contributed by atoms with Crippen LogP contribution in [-0.2, 0) is 17.4 Å². The van der Waals surface area contributed by atoms with E-state index < -0.39 is 11.7 Å². The summed E-state index contributed by atoms with van der Waals surface area (Å²) in [5.74, 6) is -0.614. The summed E-state index contributed by atoms with van der Waals surface area (Å²) >= 11 is 1.40. The van der Waals surface area contributed by atoms with Crippen LogP contribution in [0.1, 0.15) is 44.4 Å². The topological polar surface area (TPSA) is 65.5 Å². The molecule has 1 fully saturated rings. The molecule has 1 atom stereocenters. The molecule has 1 aliphatic carbocycles. The third-order valence-corrected chi connectivity index (χ3v) is 7.73. The second kappa shape index (κ2) is 9.57. The third kappa shape index (κ3) is 4.95. The molecule has 2 amide bonds. The molecular weight excluding hydrogens is 489 g/mol. The quantitative estimate of drug-likeness (QED) is 0.526. The number of piperazine rings is 1. The van der Waals surface area contributed by atoms with Crippen molar-refractivity contribution in [3.05, 3.63) is 75.8 Å². The number of nitrogens with zero attached hydrogens (tertiary/aromatic N) is 3. The lowest BCUT2D eigenvalue weighted by molar-refractivity contribution is -0.137. The Labute approximate surface area is 210 Å². The predicted molar refractivity (Wildman–Crippen MR) is 133 cm³/mol. The summed E-state index contributed by atoms with van der Waals surface area (Å²) in [7, 11) is 0. The number of alkyl halides is 3. The van der Waals surface area contributed by atoms with E-state index in [2.05, 4.69) is 10.3 Å². The molecule has 0 radical (unpaired) electrons. The first-order valence-electron chi connectivity index (χ1n) is 11.8. The molecule has 0 bridgehead atoms. The highest BCUT2D eigenvalue weighted by molar-refractivity contribution is 7.16. The van der Waals surface area contributed by atoms with Gasteiger partial charge < -0.3 is 9.80 Å². The maximum absolute atomic E-state index is 13.3. The summed E-state index contributed by atoms with van der Waals surface area (Å²) in [5, 5.41) is 3.33. The molecule has 10 heteroatoms. The number of amides is 2. The van der Waals surface area contributed by atoms with E-state index in [0.717, 1.165) is 34.7 Å². The largest absolute Gasteiger partial charge is 0.416 e. The van der Waals surface area contributed by atoms with Crippen LogP contribution in [0.4, 0.5) is 24.0 Å². The number of hydrogen-bond donors (Lipinski definition) is 1. The van der Waals surface area contributed by atoms with Crippen LogP contribution in [-0.4, -0.2) is 47.9 Å². The van der Waals surface area contributed by atoms with Gasteiger partial charge in [-0.25, -0.2) is 4.98 Å². The summed E-state index contributed by atoms with van der Waals surface area (Å²) < 4.78 is 39.2. The van der Waals surface area contributed by atoms with Crippen molar-refractivity contribution in [3.63, 3.8) is 0 Å². The van der Waals surface area contributed by atoms with E-state index in [-0.39, 0.29) is 17.7 Å². The van der Waals surface area contributed by atoms with Gasteiger partial charge in [0.1, 0.15) is 0 Å². The van der Waals surface area contributed by atoms with Crippen molar-refractivity contribution in [2.45, 2.75) is 31.9 Å². The summed E-state index contributed by atoms with van der Waals surface area (Å²) in [4.78, 5) is 35.1. The average Bonchev–Trinajstić information content (AvgIpc) is 3.44. The zero-order valence-electron chi connectivity index (χ0n) is 19.6. The van der Waals surface area contributed by atoms with Gasteiger partial charge in [0.25, 0.3) is 5.91 Å². The molecule has 5 rings (SSSR count). The lowest BCUT2D eigenvalue weighted by Gasteiger charge is -2.37. The number of fused-ring (bicyclic) bond motifs is 1. The number of carbonyl (C=O) groups excluding carboxylic acids is 2. The molecule has 2 aromatic carbocycles. The van der Waals surface area contributed by atoms with Gasteiger partial charge in [0.2, 0.25) is 5.91 Å². The molecule has 1 aliphatic heterocycles. The zero-order chi connectivity index (χ0) is 25.4. The molecular formula is C26H25F3N4O2S. The van der Waals surface area contributed by atoms with Gasteiger partial charge >= 0.3 is 6.18 Å². The van der Waals surface area contributed by atoms with Crippen LogP contribution in [0.3, 0.4) is 0 Å². The Morgan fingerprint density at radius 2 is 1.78 bits per heavy atom. The van der Waals surface area contributed by atoms with Crippen molar-refractivity contribution >= 4 is 34.0 Å². The van der Waals surface area contributed by atoms with E-state index in [1.165, 1.54) is 17.4 Å². The standard InChI is InChI=1S/C26H25F3N4O2S/c1-16-5-7-17(8-6-16)23(34)31-25-30-22-20(9-10-21(22)36-25)24(35)33-13-11-32(12-14-33)19-4-2-3-18(15-19)26(27,28)29/h2-8,15,20H,9-14H2,1H3,(H,30,31,34).